The molecular formula is C11H24N2O. The first-order chi connectivity index (χ1) is 6.74. The Bertz CT molecular complexity index is 136. The van der Waals surface area contributed by atoms with Crippen LogP contribution in [0.4, 0.5) is 0 Å². The number of carbonyl (C=O) groups is 1. The molecule has 0 amide bonds. The van der Waals surface area contributed by atoms with E-state index in [9.17, 15) is 4.79 Å². The fourth-order valence-electron chi connectivity index (χ4n) is 1.32. The molecule has 0 unspecified atom stereocenters. The minimum Gasteiger partial charge on any atom is -0.330 e. The molecule has 0 aliphatic carbocycles. The molecule has 0 bridgehead atoms. The number of carbonyl (C=O) groups excluding carboxylic acids is 1. The maximum atomic E-state index is 10.7. The predicted molar refractivity (Wildman–Crippen MR) is 60.3 cm³/mol. The molecule has 0 saturated carbocycles. The number of piperidine rings is 1. The molecule has 1 fully saturated rings. The molecule has 2 N–H and O–H groups in total. The van der Waals surface area contributed by atoms with E-state index in [1.54, 1.807) is 0 Å². The third-order valence-electron chi connectivity index (χ3n) is 2.42. The Hall–Kier alpha value is -0.410. The second-order valence-corrected chi connectivity index (χ2v) is 3.62. The normalized spacial score (nSPS) is 17.5. The van der Waals surface area contributed by atoms with E-state index < -0.39 is 0 Å². The van der Waals surface area contributed by atoms with Crippen LogP contribution in [0.5, 0.6) is 0 Å². The van der Waals surface area contributed by atoms with Gasteiger partial charge in [0.15, 0.2) is 0 Å². The van der Waals surface area contributed by atoms with E-state index >= 15 is 0 Å². The standard InChI is InChI=1S/C7H13NO.C4H11N/c1-2-8-5-3-7(9)4-6-8;1-2-3-4-5/h2-6H2,1H3;2-5H2,1H3. The third-order valence-corrected chi connectivity index (χ3v) is 2.42. The molecule has 3 heteroatoms. The topological polar surface area (TPSA) is 46.3 Å². The van der Waals surface area contributed by atoms with Crippen LogP contribution in [0.25, 0.3) is 0 Å². The first-order valence-electron chi connectivity index (χ1n) is 5.68. The van der Waals surface area contributed by atoms with Gasteiger partial charge in [-0.15, -0.1) is 0 Å². The number of Topliss-reactive ketones (excluding diaryl/α,β-unsaturated/α-hetero) is 1. The number of nitrogens with two attached hydrogens (primary N) is 1. The van der Waals surface area contributed by atoms with E-state index in [4.69, 9.17) is 5.73 Å². The average Bonchev–Trinajstić information content (AvgIpc) is 2.21. The van der Waals surface area contributed by atoms with Crippen molar-refractivity contribution in [3.8, 4) is 0 Å². The van der Waals surface area contributed by atoms with Gasteiger partial charge >= 0.3 is 0 Å². The second-order valence-electron chi connectivity index (χ2n) is 3.62. The van der Waals surface area contributed by atoms with Gasteiger partial charge in [0.05, 0.1) is 0 Å². The molecule has 0 aromatic heterocycles. The first kappa shape index (κ1) is 13.6. The zero-order valence-corrected chi connectivity index (χ0v) is 9.59. The Labute approximate surface area is 87.6 Å². The van der Waals surface area contributed by atoms with E-state index in [1.807, 2.05) is 0 Å². The lowest BCUT2D eigenvalue weighted by Crippen LogP contribution is -2.33. The molecule has 0 aromatic carbocycles. The third kappa shape index (κ3) is 7.04. The van der Waals surface area contributed by atoms with Crippen molar-refractivity contribution in [1.29, 1.82) is 0 Å². The van der Waals surface area contributed by atoms with Gasteiger partial charge in [-0.25, -0.2) is 0 Å². The van der Waals surface area contributed by atoms with E-state index in [2.05, 4.69) is 18.7 Å². The van der Waals surface area contributed by atoms with Gasteiger partial charge < -0.3 is 10.6 Å². The molecule has 1 saturated heterocycles. The summed E-state index contributed by atoms with van der Waals surface area (Å²) in [6.45, 7) is 8.16. The second kappa shape index (κ2) is 9.16. The lowest BCUT2D eigenvalue weighted by atomic mass is 10.1. The molecular weight excluding hydrogens is 176 g/mol. The highest BCUT2D eigenvalue weighted by molar-refractivity contribution is 5.79. The summed E-state index contributed by atoms with van der Waals surface area (Å²) in [6, 6.07) is 0. The molecule has 1 heterocycles. The summed E-state index contributed by atoms with van der Waals surface area (Å²) in [5, 5.41) is 0. The largest absolute Gasteiger partial charge is 0.330 e. The van der Waals surface area contributed by atoms with Gasteiger partial charge in [-0.1, -0.05) is 20.3 Å². The number of hydrogen-bond acceptors (Lipinski definition) is 3. The van der Waals surface area contributed by atoms with Crippen LogP contribution in [0.3, 0.4) is 0 Å². The SMILES string of the molecule is CCCCN.CCN1CCC(=O)CC1. The molecule has 84 valence electrons. The highest BCUT2D eigenvalue weighted by Gasteiger charge is 2.13. The van der Waals surface area contributed by atoms with Crippen molar-refractivity contribution in [2.45, 2.75) is 39.5 Å². The monoisotopic (exact) mass is 200 g/mol. The summed E-state index contributed by atoms with van der Waals surface area (Å²) < 4.78 is 0. The van der Waals surface area contributed by atoms with Gasteiger partial charge in [-0.05, 0) is 19.5 Å². The minimum atomic E-state index is 0.430. The Morgan fingerprint density at radius 2 is 1.86 bits per heavy atom. The number of likely N-dealkylation sites (tertiary alicyclic amines) is 1. The summed E-state index contributed by atoms with van der Waals surface area (Å²) in [6.07, 6.45) is 3.93. The van der Waals surface area contributed by atoms with Crippen molar-refractivity contribution in [3.05, 3.63) is 0 Å². The maximum Gasteiger partial charge on any atom is 0.135 e. The first-order valence-corrected chi connectivity index (χ1v) is 5.68. The summed E-state index contributed by atoms with van der Waals surface area (Å²) in [4.78, 5) is 13.0. The van der Waals surface area contributed by atoms with E-state index in [1.165, 1.54) is 12.8 Å². The fourth-order valence-corrected chi connectivity index (χ4v) is 1.32. The van der Waals surface area contributed by atoms with Crippen LogP contribution in [-0.2, 0) is 4.79 Å². The van der Waals surface area contributed by atoms with Gasteiger partial charge in [0.25, 0.3) is 0 Å². The molecule has 14 heavy (non-hydrogen) atoms. The van der Waals surface area contributed by atoms with Gasteiger partial charge in [-0.2, -0.15) is 0 Å². The van der Waals surface area contributed by atoms with Crippen molar-refractivity contribution in [1.82, 2.24) is 4.90 Å². The minimum absolute atomic E-state index is 0.430. The molecule has 0 spiro atoms. The van der Waals surface area contributed by atoms with Crippen LogP contribution in [0.2, 0.25) is 0 Å². The quantitative estimate of drug-likeness (QED) is 0.749. The Morgan fingerprint density at radius 3 is 2.14 bits per heavy atom. The van der Waals surface area contributed by atoms with Crippen LogP contribution in [-0.4, -0.2) is 36.9 Å². The van der Waals surface area contributed by atoms with Crippen molar-refractivity contribution >= 4 is 5.78 Å². The van der Waals surface area contributed by atoms with E-state index in [0.717, 1.165) is 39.0 Å². The zero-order valence-electron chi connectivity index (χ0n) is 9.59. The predicted octanol–water partition coefficient (Wildman–Crippen LogP) is 1.42. The number of ketones is 1. The Balaban J connectivity index is 0.000000292. The van der Waals surface area contributed by atoms with E-state index in [-0.39, 0.29) is 0 Å². The molecule has 1 aliphatic rings. The van der Waals surface area contributed by atoms with Gasteiger partial charge in [0.2, 0.25) is 0 Å². The van der Waals surface area contributed by atoms with Crippen molar-refractivity contribution in [2.75, 3.05) is 26.2 Å². The zero-order chi connectivity index (χ0) is 10.8. The van der Waals surface area contributed by atoms with Gasteiger partial charge in [0, 0.05) is 25.9 Å². The summed E-state index contributed by atoms with van der Waals surface area (Å²) >= 11 is 0. The Morgan fingerprint density at radius 1 is 1.29 bits per heavy atom. The highest BCUT2D eigenvalue weighted by atomic mass is 16.1. The lowest BCUT2D eigenvalue weighted by Gasteiger charge is -2.23. The summed E-state index contributed by atoms with van der Waals surface area (Å²) in [7, 11) is 0. The smallest absolute Gasteiger partial charge is 0.135 e. The van der Waals surface area contributed by atoms with Crippen LogP contribution in [0.1, 0.15) is 39.5 Å². The van der Waals surface area contributed by atoms with Crippen LogP contribution < -0.4 is 5.73 Å². The van der Waals surface area contributed by atoms with Gasteiger partial charge in [-0.3, -0.25) is 4.79 Å². The van der Waals surface area contributed by atoms with Crippen LogP contribution in [0, 0.1) is 0 Å². The number of hydrogen-bond donors (Lipinski definition) is 1. The van der Waals surface area contributed by atoms with E-state index in [0.29, 0.717) is 5.78 Å². The molecule has 0 atom stereocenters. The molecule has 1 rings (SSSR count). The lowest BCUT2D eigenvalue weighted by molar-refractivity contribution is -0.121. The molecule has 0 aromatic rings. The Kier molecular flexibility index (Phi) is 8.89. The fraction of sp³-hybridized carbons (Fsp3) is 0.909. The summed E-state index contributed by atoms with van der Waals surface area (Å²) in [5.41, 5.74) is 5.14. The highest BCUT2D eigenvalue weighted by Crippen LogP contribution is 2.03. The molecule has 3 nitrogen and oxygen atoms in total. The maximum absolute atomic E-state index is 10.7. The molecule has 1 aliphatic heterocycles. The van der Waals surface area contributed by atoms with Crippen molar-refractivity contribution < 1.29 is 4.79 Å². The number of unbranched alkanes of at least 4 members (excludes halogenated alkanes) is 1. The number of rotatable bonds is 3. The van der Waals surface area contributed by atoms with Crippen molar-refractivity contribution in [2.24, 2.45) is 5.73 Å². The summed E-state index contributed by atoms with van der Waals surface area (Å²) in [5.74, 6) is 0.430. The number of nitrogens with zero attached hydrogens (tertiary/aromatic N) is 1. The van der Waals surface area contributed by atoms with Gasteiger partial charge in [0.1, 0.15) is 5.78 Å². The van der Waals surface area contributed by atoms with Crippen LogP contribution in [0.15, 0.2) is 0 Å². The van der Waals surface area contributed by atoms with Crippen LogP contribution >= 0.6 is 0 Å². The average molecular weight is 200 g/mol. The van der Waals surface area contributed by atoms with Crippen molar-refractivity contribution in [3.63, 3.8) is 0 Å². The molecule has 0 radical (unpaired) electrons.